The summed E-state index contributed by atoms with van der Waals surface area (Å²) in [5.41, 5.74) is 1.02. The second-order valence-electron chi connectivity index (χ2n) is 6.92. The summed E-state index contributed by atoms with van der Waals surface area (Å²) < 4.78 is 5.50. The van der Waals surface area contributed by atoms with Gasteiger partial charge in [0.2, 0.25) is 0 Å². The Bertz CT molecular complexity index is 510. The number of hydrogen-bond donors (Lipinski definition) is 1. The van der Waals surface area contributed by atoms with Crippen LogP contribution < -0.4 is 5.32 Å². The molecule has 2 heterocycles. The number of aromatic nitrogens is 1. The summed E-state index contributed by atoms with van der Waals surface area (Å²) >= 11 is 1.64. The van der Waals surface area contributed by atoms with Crippen molar-refractivity contribution in [2.24, 2.45) is 5.41 Å². The predicted octanol–water partition coefficient (Wildman–Crippen LogP) is 3.36. The van der Waals surface area contributed by atoms with Crippen LogP contribution in [0.5, 0.6) is 0 Å². The summed E-state index contributed by atoms with van der Waals surface area (Å²) in [5.74, 6) is 0. The first kappa shape index (κ1) is 17.2. The van der Waals surface area contributed by atoms with Gasteiger partial charge in [-0.15, -0.1) is 11.3 Å². The quantitative estimate of drug-likeness (QED) is 0.923. The number of aryl methyl sites for hydroxylation is 1. The van der Waals surface area contributed by atoms with Crippen LogP contribution in [0.3, 0.4) is 0 Å². The second kappa shape index (κ2) is 6.96. The summed E-state index contributed by atoms with van der Waals surface area (Å²) in [6.45, 7) is 9.66. The summed E-state index contributed by atoms with van der Waals surface area (Å²) in [6.07, 6.45) is 2.02. The van der Waals surface area contributed by atoms with E-state index in [0.29, 0.717) is 6.54 Å². The molecule has 1 saturated heterocycles. The third-order valence-electron chi connectivity index (χ3n) is 4.18. The normalized spacial score (nSPS) is 20.2. The third kappa shape index (κ3) is 3.98. The van der Waals surface area contributed by atoms with Gasteiger partial charge in [0.15, 0.2) is 0 Å². The lowest BCUT2D eigenvalue weighted by molar-refractivity contribution is 0.0184. The maximum Gasteiger partial charge on any atom is 0.318 e. The molecule has 2 atom stereocenters. The van der Waals surface area contributed by atoms with Gasteiger partial charge in [0, 0.05) is 25.6 Å². The van der Waals surface area contributed by atoms with Crippen LogP contribution in [0.15, 0.2) is 5.38 Å². The molecule has 1 aromatic heterocycles. The number of hydrogen-bond acceptors (Lipinski definition) is 4. The van der Waals surface area contributed by atoms with Gasteiger partial charge in [-0.2, -0.15) is 0 Å². The minimum Gasteiger partial charge on any atom is -0.379 e. The highest BCUT2D eigenvalue weighted by Crippen LogP contribution is 2.32. The van der Waals surface area contributed by atoms with Crippen molar-refractivity contribution in [2.45, 2.75) is 52.7 Å². The van der Waals surface area contributed by atoms with Crippen molar-refractivity contribution >= 4 is 17.4 Å². The molecule has 1 N–H and O–H groups in total. The summed E-state index contributed by atoms with van der Waals surface area (Å²) in [6, 6.07) is 0.0973. The van der Waals surface area contributed by atoms with Gasteiger partial charge in [0.1, 0.15) is 0 Å². The minimum absolute atomic E-state index is 0.000907. The number of urea groups is 1. The number of methoxy groups -OCH3 is 1. The highest BCUT2D eigenvalue weighted by molar-refractivity contribution is 7.09. The van der Waals surface area contributed by atoms with Crippen LogP contribution in [0.4, 0.5) is 4.79 Å². The summed E-state index contributed by atoms with van der Waals surface area (Å²) in [7, 11) is 1.69. The number of thiazole rings is 1. The molecule has 1 unspecified atom stereocenters. The van der Waals surface area contributed by atoms with E-state index in [2.05, 4.69) is 36.5 Å². The molecule has 0 radical (unpaired) electrons. The average molecular weight is 325 g/mol. The lowest BCUT2D eigenvalue weighted by Gasteiger charge is -2.31. The van der Waals surface area contributed by atoms with Crippen molar-refractivity contribution in [2.75, 3.05) is 20.2 Å². The van der Waals surface area contributed by atoms with Gasteiger partial charge in [0.05, 0.1) is 22.8 Å². The average Bonchev–Trinajstić information content (AvgIpc) is 3.05. The van der Waals surface area contributed by atoms with E-state index in [1.807, 2.05) is 11.8 Å². The zero-order chi connectivity index (χ0) is 16.3. The van der Waals surface area contributed by atoms with Crippen molar-refractivity contribution in [3.05, 3.63) is 16.1 Å². The van der Waals surface area contributed by atoms with Gasteiger partial charge in [0.25, 0.3) is 0 Å². The fourth-order valence-corrected chi connectivity index (χ4v) is 3.53. The standard InChI is InChI=1S/C16H27N3O2S/c1-11-18-12(10-22-11)13-7-6-8-19(13)15(20)17-9-14(21-5)16(2,3)4/h10,13-14H,6-9H2,1-5H3,(H,17,20)/t13-,14?/m1/s1. The highest BCUT2D eigenvalue weighted by atomic mass is 32.1. The predicted molar refractivity (Wildman–Crippen MR) is 89.2 cm³/mol. The first-order chi connectivity index (χ1) is 10.3. The highest BCUT2D eigenvalue weighted by Gasteiger charge is 2.32. The fraction of sp³-hybridized carbons (Fsp3) is 0.750. The van der Waals surface area contributed by atoms with E-state index in [4.69, 9.17) is 4.74 Å². The zero-order valence-electron chi connectivity index (χ0n) is 14.2. The number of likely N-dealkylation sites (tertiary alicyclic amines) is 1. The van der Waals surface area contributed by atoms with E-state index >= 15 is 0 Å². The number of rotatable bonds is 4. The third-order valence-corrected chi connectivity index (χ3v) is 4.97. The summed E-state index contributed by atoms with van der Waals surface area (Å²) in [5, 5.41) is 6.14. The molecule has 0 aromatic carbocycles. The number of nitrogens with zero attached hydrogens (tertiary/aromatic N) is 2. The van der Waals surface area contributed by atoms with Gasteiger partial charge < -0.3 is 15.0 Å². The number of amides is 2. The SMILES string of the molecule is COC(CNC(=O)N1CCC[C@@H]1c1csc(C)n1)C(C)(C)C. The molecular weight excluding hydrogens is 298 g/mol. The smallest absolute Gasteiger partial charge is 0.318 e. The topological polar surface area (TPSA) is 54.5 Å². The van der Waals surface area contributed by atoms with Crippen LogP contribution in [-0.2, 0) is 4.74 Å². The molecule has 1 aliphatic heterocycles. The molecule has 1 aromatic rings. The Morgan fingerprint density at radius 2 is 2.32 bits per heavy atom. The lowest BCUT2D eigenvalue weighted by atomic mass is 9.89. The Morgan fingerprint density at radius 3 is 2.86 bits per heavy atom. The molecule has 1 fully saturated rings. The largest absolute Gasteiger partial charge is 0.379 e. The van der Waals surface area contributed by atoms with Gasteiger partial charge in [-0.05, 0) is 25.2 Å². The Kier molecular flexibility index (Phi) is 5.45. The molecule has 1 aliphatic rings. The minimum atomic E-state index is -0.0144. The maximum absolute atomic E-state index is 12.5. The Hall–Kier alpha value is -1.14. The molecular formula is C16H27N3O2S. The van der Waals surface area contributed by atoms with Crippen LogP contribution in [0.25, 0.3) is 0 Å². The van der Waals surface area contributed by atoms with Crippen LogP contribution >= 0.6 is 11.3 Å². The molecule has 5 nitrogen and oxygen atoms in total. The van der Waals surface area contributed by atoms with Gasteiger partial charge in [-0.25, -0.2) is 9.78 Å². The number of ether oxygens (including phenoxy) is 1. The van der Waals surface area contributed by atoms with E-state index in [1.165, 1.54) is 0 Å². The van der Waals surface area contributed by atoms with Crippen molar-refractivity contribution < 1.29 is 9.53 Å². The maximum atomic E-state index is 12.5. The number of carbonyl (C=O) groups excluding carboxylic acids is 1. The van der Waals surface area contributed by atoms with E-state index in [1.54, 1.807) is 18.4 Å². The fourth-order valence-electron chi connectivity index (χ4n) is 2.88. The van der Waals surface area contributed by atoms with E-state index < -0.39 is 0 Å². The molecule has 124 valence electrons. The Labute approximate surface area is 137 Å². The number of carbonyl (C=O) groups is 1. The van der Waals surface area contributed by atoms with Crippen molar-refractivity contribution in [1.82, 2.24) is 15.2 Å². The first-order valence-corrected chi connectivity index (χ1v) is 8.70. The molecule has 2 amide bonds. The van der Waals surface area contributed by atoms with Crippen LogP contribution in [-0.4, -0.2) is 42.2 Å². The van der Waals surface area contributed by atoms with Crippen LogP contribution in [0.1, 0.15) is 50.4 Å². The monoisotopic (exact) mass is 325 g/mol. The molecule has 22 heavy (non-hydrogen) atoms. The molecule has 6 heteroatoms. The summed E-state index contributed by atoms with van der Waals surface area (Å²) in [4.78, 5) is 19.0. The lowest BCUT2D eigenvalue weighted by Crippen LogP contribution is -2.46. The van der Waals surface area contributed by atoms with E-state index in [0.717, 1.165) is 30.1 Å². The Morgan fingerprint density at radius 1 is 1.59 bits per heavy atom. The second-order valence-corrected chi connectivity index (χ2v) is 7.98. The zero-order valence-corrected chi connectivity index (χ0v) is 15.0. The van der Waals surface area contributed by atoms with Gasteiger partial charge in [-0.3, -0.25) is 0 Å². The van der Waals surface area contributed by atoms with E-state index in [-0.39, 0.29) is 23.6 Å². The molecule has 0 spiro atoms. The molecule has 0 aliphatic carbocycles. The van der Waals surface area contributed by atoms with E-state index in [9.17, 15) is 4.79 Å². The van der Waals surface area contributed by atoms with Crippen molar-refractivity contribution in [3.8, 4) is 0 Å². The van der Waals surface area contributed by atoms with Crippen molar-refractivity contribution in [3.63, 3.8) is 0 Å². The first-order valence-electron chi connectivity index (χ1n) is 7.82. The molecule has 0 bridgehead atoms. The number of nitrogens with one attached hydrogen (secondary N) is 1. The Balaban J connectivity index is 1.97. The van der Waals surface area contributed by atoms with Crippen molar-refractivity contribution in [1.29, 1.82) is 0 Å². The molecule has 2 rings (SSSR count). The van der Waals surface area contributed by atoms with Crippen LogP contribution in [0.2, 0.25) is 0 Å². The molecule has 0 saturated carbocycles. The van der Waals surface area contributed by atoms with Gasteiger partial charge in [-0.1, -0.05) is 20.8 Å². The van der Waals surface area contributed by atoms with Gasteiger partial charge >= 0.3 is 6.03 Å². The van der Waals surface area contributed by atoms with Crippen LogP contribution in [0, 0.1) is 12.3 Å².